The summed E-state index contributed by atoms with van der Waals surface area (Å²) < 4.78 is 10.9. The van der Waals surface area contributed by atoms with Gasteiger partial charge in [-0.25, -0.2) is 0 Å². The van der Waals surface area contributed by atoms with E-state index in [0.29, 0.717) is 16.9 Å². The second kappa shape index (κ2) is 5.04. The second-order valence-electron chi connectivity index (χ2n) is 5.92. The van der Waals surface area contributed by atoms with Gasteiger partial charge in [-0.1, -0.05) is 6.07 Å². The topological polar surface area (TPSA) is 116 Å². The van der Waals surface area contributed by atoms with Crippen LogP contribution in [0.2, 0.25) is 0 Å². The summed E-state index contributed by atoms with van der Waals surface area (Å²) in [6, 6.07) is 6.80. The van der Waals surface area contributed by atoms with Gasteiger partial charge in [-0.05, 0) is 17.7 Å². The molecule has 0 fully saturated rings. The first-order valence-electron chi connectivity index (χ1n) is 7.38. The Morgan fingerprint density at radius 2 is 1.75 bits per heavy atom. The van der Waals surface area contributed by atoms with Gasteiger partial charge in [0, 0.05) is 23.6 Å². The van der Waals surface area contributed by atoms with Crippen molar-refractivity contribution in [2.24, 2.45) is 0 Å². The van der Waals surface area contributed by atoms with E-state index in [4.69, 9.17) is 9.47 Å². The van der Waals surface area contributed by atoms with Crippen LogP contribution < -0.4 is 9.47 Å². The lowest BCUT2D eigenvalue weighted by atomic mass is 9.81. The van der Waals surface area contributed by atoms with Crippen molar-refractivity contribution in [3.05, 3.63) is 41.5 Å². The molecule has 2 aliphatic heterocycles. The van der Waals surface area contributed by atoms with Gasteiger partial charge in [0.15, 0.2) is 17.6 Å². The molecule has 3 atom stereocenters. The molecule has 7 heteroatoms. The van der Waals surface area contributed by atoms with Crippen LogP contribution in [0.4, 0.5) is 0 Å². The monoisotopic (exact) mass is 330 g/mol. The molecule has 7 nitrogen and oxygen atoms in total. The van der Waals surface area contributed by atoms with Crippen LogP contribution in [0.5, 0.6) is 28.7 Å². The molecule has 4 rings (SSSR count). The number of carbonyl (C=O) groups excluding carboxylic acids is 1. The van der Waals surface area contributed by atoms with Gasteiger partial charge in [0.2, 0.25) is 0 Å². The van der Waals surface area contributed by atoms with Crippen molar-refractivity contribution in [1.82, 2.24) is 0 Å². The van der Waals surface area contributed by atoms with Crippen LogP contribution in [-0.2, 0) is 4.79 Å². The molecule has 0 unspecified atom stereocenters. The summed E-state index contributed by atoms with van der Waals surface area (Å²) in [5, 5.41) is 39.6. The van der Waals surface area contributed by atoms with Crippen molar-refractivity contribution >= 4 is 5.97 Å². The molecule has 0 saturated carbocycles. The van der Waals surface area contributed by atoms with E-state index in [1.54, 1.807) is 0 Å². The van der Waals surface area contributed by atoms with Crippen molar-refractivity contribution in [2.75, 3.05) is 0 Å². The molecule has 2 heterocycles. The molecule has 24 heavy (non-hydrogen) atoms. The molecule has 0 saturated heterocycles. The summed E-state index contributed by atoms with van der Waals surface area (Å²) in [5.41, 5.74) is 0.978. The Morgan fingerprint density at radius 3 is 2.50 bits per heavy atom. The highest BCUT2D eigenvalue weighted by Crippen LogP contribution is 2.51. The highest BCUT2D eigenvalue weighted by molar-refractivity contribution is 5.78. The number of rotatable bonds is 1. The number of phenolic OH excluding ortho intramolecular Hbond substituents is 3. The fourth-order valence-electron chi connectivity index (χ4n) is 3.27. The number of aliphatic hydroxyl groups is 1. The Bertz CT molecular complexity index is 845. The molecular weight excluding hydrogens is 316 g/mol. The fraction of sp³-hybridized carbons (Fsp3) is 0.235. The molecule has 0 spiro atoms. The minimum Gasteiger partial charge on any atom is -0.508 e. The quantitative estimate of drug-likeness (QED) is 0.357. The van der Waals surface area contributed by atoms with Gasteiger partial charge in [0.25, 0.3) is 0 Å². The zero-order chi connectivity index (χ0) is 17.0. The molecule has 0 amide bonds. The molecule has 0 aromatic heterocycles. The van der Waals surface area contributed by atoms with Gasteiger partial charge in [-0.3, -0.25) is 4.79 Å². The Hall–Kier alpha value is -2.93. The molecule has 0 aliphatic carbocycles. The summed E-state index contributed by atoms with van der Waals surface area (Å²) in [4.78, 5) is 11.8. The molecule has 2 aliphatic rings. The first-order valence-corrected chi connectivity index (χ1v) is 7.38. The lowest BCUT2D eigenvalue weighted by Gasteiger charge is -2.39. The molecular formula is C17H14O7. The number of benzene rings is 2. The van der Waals surface area contributed by atoms with Gasteiger partial charge in [-0.2, -0.15) is 0 Å². The zero-order valence-corrected chi connectivity index (χ0v) is 12.3. The number of carbonyl (C=O) groups is 1. The van der Waals surface area contributed by atoms with Crippen LogP contribution in [0.15, 0.2) is 30.3 Å². The number of aliphatic hydroxyl groups excluding tert-OH is 1. The molecule has 0 bridgehead atoms. The number of ether oxygens (including phenoxy) is 2. The summed E-state index contributed by atoms with van der Waals surface area (Å²) in [6.45, 7) is 0. The van der Waals surface area contributed by atoms with E-state index >= 15 is 0 Å². The standard InChI is InChI=1S/C17H14O7/c18-8-4-12-15-9(6-14(21)23-12)16(22)17(24-13(15)5-8)7-1-2-10(19)11(20)3-7/h1-5,9,16-20,22H,6H2/t9-,16-,17+/m1/s1. The van der Waals surface area contributed by atoms with Gasteiger partial charge < -0.3 is 29.9 Å². The summed E-state index contributed by atoms with van der Waals surface area (Å²) >= 11 is 0. The Labute approximate surface area is 136 Å². The van der Waals surface area contributed by atoms with Crippen LogP contribution in [0.3, 0.4) is 0 Å². The number of phenols is 3. The van der Waals surface area contributed by atoms with Crippen LogP contribution in [-0.4, -0.2) is 32.5 Å². The minimum absolute atomic E-state index is 0.0180. The van der Waals surface area contributed by atoms with E-state index in [-0.39, 0.29) is 29.4 Å². The Kier molecular flexibility index (Phi) is 3.07. The van der Waals surface area contributed by atoms with Crippen molar-refractivity contribution in [1.29, 1.82) is 0 Å². The lowest BCUT2D eigenvalue weighted by molar-refractivity contribution is -0.138. The van der Waals surface area contributed by atoms with E-state index < -0.39 is 24.1 Å². The van der Waals surface area contributed by atoms with Gasteiger partial charge in [0.1, 0.15) is 23.4 Å². The second-order valence-corrected chi connectivity index (χ2v) is 5.92. The summed E-state index contributed by atoms with van der Waals surface area (Å²) in [5.74, 6) is -1.31. The number of hydrogen-bond acceptors (Lipinski definition) is 7. The average molecular weight is 330 g/mol. The minimum atomic E-state index is -1.06. The molecule has 2 aromatic carbocycles. The van der Waals surface area contributed by atoms with Crippen LogP contribution in [0, 0.1) is 0 Å². The Morgan fingerprint density at radius 1 is 1.00 bits per heavy atom. The summed E-state index contributed by atoms with van der Waals surface area (Å²) in [7, 11) is 0. The molecule has 0 radical (unpaired) electrons. The van der Waals surface area contributed by atoms with Gasteiger partial charge >= 0.3 is 5.97 Å². The third kappa shape index (κ3) is 2.13. The maximum absolute atomic E-state index is 11.8. The van der Waals surface area contributed by atoms with Gasteiger partial charge in [0.05, 0.1) is 6.42 Å². The molecule has 4 N–H and O–H groups in total. The van der Waals surface area contributed by atoms with E-state index in [1.165, 1.54) is 30.3 Å². The lowest BCUT2D eigenvalue weighted by Crippen LogP contribution is -2.38. The third-order valence-electron chi connectivity index (χ3n) is 4.37. The molecule has 124 valence electrons. The molecule has 2 aromatic rings. The van der Waals surface area contributed by atoms with E-state index in [0.717, 1.165) is 0 Å². The predicted octanol–water partition coefficient (Wildman–Crippen LogP) is 1.69. The normalized spacial score (nSPS) is 24.7. The van der Waals surface area contributed by atoms with Gasteiger partial charge in [-0.15, -0.1) is 0 Å². The van der Waals surface area contributed by atoms with E-state index in [2.05, 4.69) is 0 Å². The highest BCUT2D eigenvalue weighted by atomic mass is 16.5. The number of esters is 1. The first-order chi connectivity index (χ1) is 11.4. The van der Waals surface area contributed by atoms with Crippen molar-refractivity contribution in [2.45, 2.75) is 24.5 Å². The van der Waals surface area contributed by atoms with Crippen LogP contribution >= 0.6 is 0 Å². The zero-order valence-electron chi connectivity index (χ0n) is 12.3. The van der Waals surface area contributed by atoms with Crippen LogP contribution in [0.1, 0.15) is 29.6 Å². The van der Waals surface area contributed by atoms with Crippen molar-refractivity contribution in [3.63, 3.8) is 0 Å². The maximum atomic E-state index is 11.8. The maximum Gasteiger partial charge on any atom is 0.311 e. The Balaban J connectivity index is 1.83. The third-order valence-corrected chi connectivity index (χ3v) is 4.37. The smallest absolute Gasteiger partial charge is 0.311 e. The fourth-order valence-corrected chi connectivity index (χ4v) is 3.27. The average Bonchev–Trinajstić information content (AvgIpc) is 2.52. The van der Waals surface area contributed by atoms with Crippen molar-refractivity contribution in [3.8, 4) is 28.7 Å². The SMILES string of the molecule is O=C1C[C@@H]2c3c(cc(O)cc3O[C@@H](c3ccc(O)c(O)c3)[C@@H]2O)O1. The first kappa shape index (κ1) is 14.6. The number of aromatic hydroxyl groups is 3. The van der Waals surface area contributed by atoms with Crippen LogP contribution in [0.25, 0.3) is 0 Å². The number of hydrogen-bond donors (Lipinski definition) is 4. The predicted molar refractivity (Wildman–Crippen MR) is 80.2 cm³/mol. The van der Waals surface area contributed by atoms with Crippen molar-refractivity contribution < 1.29 is 34.7 Å². The van der Waals surface area contributed by atoms with E-state index in [1.807, 2.05) is 0 Å². The largest absolute Gasteiger partial charge is 0.508 e. The summed E-state index contributed by atoms with van der Waals surface area (Å²) in [6.07, 6.45) is -1.94. The highest BCUT2D eigenvalue weighted by Gasteiger charge is 2.44. The van der Waals surface area contributed by atoms with E-state index in [9.17, 15) is 25.2 Å².